The minimum atomic E-state index is -0.389. The zero-order valence-electron chi connectivity index (χ0n) is 3.29. The van der Waals surface area contributed by atoms with E-state index in [-0.39, 0.29) is 6.67 Å². The fraction of sp³-hybridized carbons (Fsp3) is 0.500. The molecule has 0 aromatic heterocycles. The van der Waals surface area contributed by atoms with Crippen LogP contribution in [0.5, 0.6) is 0 Å². The zero-order chi connectivity index (χ0) is 4.28. The first kappa shape index (κ1) is 4.93. The van der Waals surface area contributed by atoms with Gasteiger partial charge in [-0.2, -0.15) is 0 Å². The molecule has 0 aromatic carbocycles. The summed E-state index contributed by atoms with van der Waals surface area (Å²) in [6, 6.07) is 0. The van der Waals surface area contributed by atoms with Crippen LogP contribution in [0.1, 0.15) is 0 Å². The Morgan fingerprint density at radius 2 is 2.20 bits per heavy atom. The maximum atomic E-state index is 11.0. The van der Waals surface area contributed by atoms with Gasteiger partial charge in [-0.25, -0.2) is 0 Å². The van der Waals surface area contributed by atoms with Crippen LogP contribution in [0.15, 0.2) is 0 Å². The Bertz CT molecular complexity index is 42.9. The van der Waals surface area contributed by atoms with Crippen LogP contribution in [-0.4, -0.2) is 27.4 Å². The summed E-state index contributed by atoms with van der Waals surface area (Å²) in [5.41, 5.74) is 0. The molecular weight excluding hydrogens is 64.6 g/mol. The second-order valence-electron chi connectivity index (χ2n) is 1.09. The molecule has 0 unspecified atom stereocenters. The molecule has 0 aliphatic carbocycles. The van der Waals surface area contributed by atoms with Crippen molar-refractivity contribution in [3.8, 4) is 0 Å². The summed E-state index contributed by atoms with van der Waals surface area (Å²) >= 11 is 0. The molecule has 0 saturated carbocycles. The third kappa shape index (κ3) is 3.93. The van der Waals surface area contributed by atoms with Crippen molar-refractivity contribution >= 4 is 20.7 Å². The molecule has 3 heteroatoms. The monoisotopic (exact) mass is 70.1 g/mol. The number of hydrogen-bond donors (Lipinski definition) is 0. The van der Waals surface area contributed by atoms with Crippen LogP contribution in [0.25, 0.3) is 0 Å². The van der Waals surface area contributed by atoms with E-state index in [2.05, 4.69) is 7.49 Å². The topological polar surface area (TPSA) is 0 Å². The maximum absolute atomic E-state index is 11.0. The molecule has 26 valence electrons. The summed E-state index contributed by atoms with van der Waals surface area (Å²) < 4.78 is 11.0. The van der Waals surface area contributed by atoms with E-state index in [0.717, 1.165) is 0 Å². The first-order valence-corrected chi connectivity index (χ1v) is 1.47. The van der Waals surface area contributed by atoms with Gasteiger partial charge in [0.15, 0.2) is 0 Å². The molecule has 0 spiro atoms. The first-order chi connectivity index (χ1) is 2.27. The van der Waals surface area contributed by atoms with Gasteiger partial charge in [0.05, 0.1) is 0 Å². The Labute approximate surface area is 32.9 Å². The van der Waals surface area contributed by atoms with E-state index in [9.17, 15) is 4.39 Å². The van der Waals surface area contributed by atoms with Crippen LogP contribution < -0.4 is 0 Å². The van der Waals surface area contributed by atoms with Gasteiger partial charge in [-0.15, -0.1) is 0 Å². The normalized spacial score (nSPS) is 7.20. The van der Waals surface area contributed by atoms with Crippen LogP contribution in [0.4, 0.5) is 4.39 Å². The molecule has 0 rings (SSSR count). The van der Waals surface area contributed by atoms with Crippen LogP contribution in [0, 0.1) is 0 Å². The van der Waals surface area contributed by atoms with E-state index in [1.54, 1.807) is 7.85 Å². The number of rotatable bonds is 1. The van der Waals surface area contributed by atoms with Gasteiger partial charge in [0.1, 0.15) is 0 Å². The summed E-state index contributed by atoms with van der Waals surface area (Å²) in [7, 11) is 4.95. The predicted octanol–water partition coefficient (Wildman–Crippen LogP) is -1.38. The Hall–Kier alpha value is -0.0701. The van der Waals surface area contributed by atoms with Crippen molar-refractivity contribution in [3.05, 3.63) is 0 Å². The molecule has 0 heterocycles. The molecule has 0 saturated heterocycles. The Kier molecular flexibility index (Phi) is 2.15. The van der Waals surface area contributed by atoms with E-state index in [1.807, 2.05) is 0 Å². The Morgan fingerprint density at radius 1 is 2.00 bits per heavy atom. The summed E-state index contributed by atoms with van der Waals surface area (Å²) in [6.45, 7) is -0.389. The average Bonchev–Trinajstić information content (AvgIpc) is 1.38. The van der Waals surface area contributed by atoms with Crippen molar-refractivity contribution < 1.29 is 4.39 Å². The van der Waals surface area contributed by atoms with Gasteiger partial charge in [-0.1, -0.05) is 0 Å². The van der Waals surface area contributed by atoms with Crippen LogP contribution in [-0.2, 0) is 0 Å². The van der Waals surface area contributed by atoms with E-state index in [4.69, 9.17) is 0 Å². The molecular formula is C2H5B2F. The molecule has 0 aliphatic rings. The molecule has 0 bridgehead atoms. The summed E-state index contributed by atoms with van der Waals surface area (Å²) in [5.74, 6) is 0. The molecule has 0 nitrogen and oxygen atoms in total. The predicted molar refractivity (Wildman–Crippen MR) is 26.7 cm³/mol. The molecule has 0 aromatic rings. The number of hydrogen-bond acceptors (Lipinski definition) is 0. The summed E-state index contributed by atoms with van der Waals surface area (Å²) in [6.07, 6.45) is 0. The molecule has 0 N–H and O–H groups in total. The van der Waals surface area contributed by atoms with Crippen molar-refractivity contribution in [3.63, 3.8) is 0 Å². The fourth-order valence-electron chi connectivity index (χ4n) is 0. The van der Waals surface area contributed by atoms with Crippen molar-refractivity contribution in [2.45, 2.75) is 0 Å². The molecule has 0 aliphatic heterocycles. The molecule has 0 amide bonds. The second-order valence-corrected chi connectivity index (χ2v) is 1.09. The van der Waals surface area contributed by atoms with Gasteiger partial charge in [0, 0.05) is 0 Å². The van der Waals surface area contributed by atoms with E-state index in [1.165, 1.54) is 0 Å². The van der Waals surface area contributed by atoms with Gasteiger partial charge in [0.2, 0.25) is 0 Å². The van der Waals surface area contributed by atoms with Gasteiger partial charge in [0.25, 0.3) is 0 Å². The average molecular weight is 69.7 g/mol. The molecule has 0 atom stereocenters. The molecule has 0 fully saturated rings. The molecule has 0 radical (unpaired) electrons. The van der Waals surface area contributed by atoms with Crippen LogP contribution in [0.2, 0.25) is 0 Å². The minimum absolute atomic E-state index is 0.389. The summed E-state index contributed by atoms with van der Waals surface area (Å²) in [4.78, 5) is 0. The van der Waals surface area contributed by atoms with Crippen molar-refractivity contribution in [2.75, 3.05) is 6.67 Å². The van der Waals surface area contributed by atoms with Crippen LogP contribution >= 0.6 is 0 Å². The van der Waals surface area contributed by atoms with Gasteiger partial charge in [-0.3, -0.25) is 0 Å². The first-order valence-electron chi connectivity index (χ1n) is 1.47. The van der Waals surface area contributed by atoms with E-state index >= 15 is 0 Å². The van der Waals surface area contributed by atoms with Crippen LogP contribution in [0.3, 0.4) is 0 Å². The summed E-state index contributed by atoms with van der Waals surface area (Å²) in [5, 5.41) is 0.588. The third-order valence-electron chi connectivity index (χ3n) is 0.228. The van der Waals surface area contributed by atoms with Crippen molar-refractivity contribution in [1.29, 1.82) is 0 Å². The standard InChI is InChI=1S/C2H5B2F/c3-2(4)1-5/h3H,1,4H2. The Morgan fingerprint density at radius 3 is 2.20 bits per heavy atom. The van der Waals surface area contributed by atoms with E-state index in [0.29, 0.717) is 5.36 Å². The van der Waals surface area contributed by atoms with Gasteiger partial charge in [-0.05, 0) is 0 Å². The van der Waals surface area contributed by atoms with E-state index < -0.39 is 0 Å². The van der Waals surface area contributed by atoms with Gasteiger partial charge < -0.3 is 0 Å². The van der Waals surface area contributed by atoms with Crippen molar-refractivity contribution in [1.82, 2.24) is 0 Å². The molecule has 5 heavy (non-hydrogen) atoms. The van der Waals surface area contributed by atoms with Crippen molar-refractivity contribution in [2.24, 2.45) is 0 Å². The third-order valence-corrected chi connectivity index (χ3v) is 0.228. The SMILES string of the molecule is B=C(B)CF. The van der Waals surface area contributed by atoms with Gasteiger partial charge >= 0.3 is 31.8 Å². The second kappa shape index (κ2) is 2.18. The zero-order valence-corrected chi connectivity index (χ0v) is 3.29. The number of halogens is 1. The number of alkyl halides is 1. The quantitative estimate of drug-likeness (QED) is 0.333. The fourth-order valence-corrected chi connectivity index (χ4v) is 0. The Balaban J connectivity index is 2.85.